The molecule has 2 fully saturated rings. The number of aliphatic carboxylic acids is 1. The van der Waals surface area contributed by atoms with Gasteiger partial charge in [-0.15, -0.1) is 0 Å². The molecule has 1 aliphatic carbocycles. The Kier molecular flexibility index (Phi) is 5.34. The van der Waals surface area contributed by atoms with Crippen LogP contribution in [0.25, 0.3) is 0 Å². The average Bonchev–Trinajstić information content (AvgIpc) is 3.44. The van der Waals surface area contributed by atoms with Crippen molar-refractivity contribution in [2.75, 3.05) is 13.1 Å². The zero-order valence-electron chi connectivity index (χ0n) is 14.7. The maximum Gasteiger partial charge on any atom is 0.308 e. The van der Waals surface area contributed by atoms with Crippen LogP contribution in [-0.2, 0) is 14.8 Å². The number of sulfonamides is 1. The lowest BCUT2D eigenvalue weighted by Crippen LogP contribution is -2.47. The zero-order valence-corrected chi connectivity index (χ0v) is 15.5. The minimum absolute atomic E-state index is 0.0587. The molecular weight excluding hydrogens is 356 g/mol. The van der Waals surface area contributed by atoms with E-state index in [9.17, 15) is 23.1 Å². The first kappa shape index (κ1) is 18.8. The molecule has 2 N–H and O–H groups in total. The Bertz CT molecular complexity index is 804. The van der Waals surface area contributed by atoms with E-state index < -0.39 is 21.9 Å². The summed E-state index contributed by atoms with van der Waals surface area (Å²) >= 11 is 0. The third-order valence-electron chi connectivity index (χ3n) is 5.14. The normalized spacial score (nSPS) is 23.7. The SMILES string of the molecule is CC1CCC(C(=O)O)CN1C(=O)c1cccc(S(=O)(=O)NCC2CC2)c1. The summed E-state index contributed by atoms with van der Waals surface area (Å²) in [6.07, 6.45) is 3.24. The molecule has 1 saturated carbocycles. The summed E-state index contributed by atoms with van der Waals surface area (Å²) in [4.78, 5) is 25.7. The van der Waals surface area contributed by atoms with Crippen LogP contribution in [0.4, 0.5) is 0 Å². The molecule has 1 aliphatic heterocycles. The summed E-state index contributed by atoms with van der Waals surface area (Å²) in [7, 11) is -3.65. The molecule has 26 heavy (non-hydrogen) atoms. The van der Waals surface area contributed by atoms with Crippen LogP contribution in [0.3, 0.4) is 0 Å². The van der Waals surface area contributed by atoms with E-state index in [1.807, 2.05) is 6.92 Å². The third kappa shape index (κ3) is 4.24. The fourth-order valence-electron chi connectivity index (χ4n) is 3.19. The fourth-order valence-corrected chi connectivity index (χ4v) is 4.35. The first-order chi connectivity index (χ1) is 12.3. The number of piperidine rings is 1. The second kappa shape index (κ2) is 7.36. The highest BCUT2D eigenvalue weighted by Crippen LogP contribution is 2.28. The van der Waals surface area contributed by atoms with Gasteiger partial charge in [-0.2, -0.15) is 0 Å². The molecule has 8 heteroatoms. The molecule has 142 valence electrons. The van der Waals surface area contributed by atoms with Gasteiger partial charge in [-0.05, 0) is 56.7 Å². The van der Waals surface area contributed by atoms with Crippen LogP contribution in [0.5, 0.6) is 0 Å². The zero-order chi connectivity index (χ0) is 18.9. The number of benzene rings is 1. The van der Waals surface area contributed by atoms with Crippen LogP contribution in [0, 0.1) is 11.8 Å². The van der Waals surface area contributed by atoms with Crippen LogP contribution in [0.1, 0.15) is 43.0 Å². The molecule has 1 amide bonds. The Hall–Kier alpha value is -1.93. The largest absolute Gasteiger partial charge is 0.481 e. The van der Waals surface area contributed by atoms with E-state index in [-0.39, 0.29) is 29.0 Å². The maximum atomic E-state index is 12.9. The summed E-state index contributed by atoms with van der Waals surface area (Å²) in [6, 6.07) is 5.87. The Morgan fingerprint density at radius 3 is 2.62 bits per heavy atom. The van der Waals surface area contributed by atoms with Gasteiger partial charge in [0.15, 0.2) is 0 Å². The predicted octanol–water partition coefficient (Wildman–Crippen LogP) is 1.70. The second-order valence-corrected chi connectivity index (χ2v) is 9.01. The number of carbonyl (C=O) groups excluding carboxylic acids is 1. The second-order valence-electron chi connectivity index (χ2n) is 7.24. The molecule has 0 spiro atoms. The van der Waals surface area contributed by atoms with Gasteiger partial charge in [0.05, 0.1) is 10.8 Å². The first-order valence-corrected chi connectivity index (χ1v) is 10.4. The molecule has 1 heterocycles. The van der Waals surface area contributed by atoms with Gasteiger partial charge in [-0.1, -0.05) is 6.07 Å². The predicted molar refractivity (Wildman–Crippen MR) is 95.2 cm³/mol. The van der Waals surface area contributed by atoms with E-state index in [4.69, 9.17) is 0 Å². The highest BCUT2D eigenvalue weighted by atomic mass is 32.2. The monoisotopic (exact) mass is 380 g/mol. The van der Waals surface area contributed by atoms with E-state index in [1.165, 1.54) is 17.0 Å². The van der Waals surface area contributed by atoms with Crippen molar-refractivity contribution in [1.29, 1.82) is 0 Å². The number of nitrogens with zero attached hydrogens (tertiary/aromatic N) is 1. The molecule has 3 rings (SSSR count). The summed E-state index contributed by atoms with van der Waals surface area (Å²) in [5.41, 5.74) is 0.261. The molecule has 2 atom stereocenters. The topological polar surface area (TPSA) is 104 Å². The number of hydrogen-bond donors (Lipinski definition) is 2. The summed E-state index contributed by atoms with van der Waals surface area (Å²) < 4.78 is 27.4. The van der Waals surface area contributed by atoms with Crippen molar-refractivity contribution in [3.8, 4) is 0 Å². The number of likely N-dealkylation sites (tertiary alicyclic amines) is 1. The van der Waals surface area contributed by atoms with Crippen molar-refractivity contribution < 1.29 is 23.1 Å². The Morgan fingerprint density at radius 2 is 1.96 bits per heavy atom. The Morgan fingerprint density at radius 1 is 1.23 bits per heavy atom. The number of carboxylic acid groups (broad SMARTS) is 1. The molecule has 1 aromatic rings. The van der Waals surface area contributed by atoms with Crippen LogP contribution in [0.2, 0.25) is 0 Å². The Labute approximate surface area is 153 Å². The van der Waals surface area contributed by atoms with E-state index in [2.05, 4.69) is 4.72 Å². The maximum absolute atomic E-state index is 12.9. The highest BCUT2D eigenvalue weighted by molar-refractivity contribution is 7.89. The van der Waals surface area contributed by atoms with Crippen LogP contribution in [0.15, 0.2) is 29.2 Å². The smallest absolute Gasteiger partial charge is 0.308 e. The first-order valence-electron chi connectivity index (χ1n) is 8.91. The molecule has 0 aromatic heterocycles. The molecule has 0 radical (unpaired) electrons. The molecule has 1 saturated heterocycles. The highest BCUT2D eigenvalue weighted by Gasteiger charge is 2.33. The summed E-state index contributed by atoms with van der Waals surface area (Å²) in [5, 5.41) is 9.23. The van der Waals surface area contributed by atoms with Crippen molar-refractivity contribution in [2.24, 2.45) is 11.8 Å². The van der Waals surface area contributed by atoms with Gasteiger partial charge in [0.2, 0.25) is 10.0 Å². The minimum atomic E-state index is -3.65. The third-order valence-corrected chi connectivity index (χ3v) is 6.56. The minimum Gasteiger partial charge on any atom is -0.481 e. The number of carbonyl (C=O) groups is 2. The molecule has 1 aromatic carbocycles. The standard InChI is InChI=1S/C18H24N2O5S/c1-12-5-8-15(18(22)23)11-20(12)17(21)14-3-2-4-16(9-14)26(24,25)19-10-13-6-7-13/h2-4,9,12-13,15,19H,5-8,10-11H2,1H3,(H,22,23). The van der Waals surface area contributed by atoms with Crippen LogP contribution >= 0.6 is 0 Å². The van der Waals surface area contributed by atoms with E-state index in [0.29, 0.717) is 25.3 Å². The van der Waals surface area contributed by atoms with Gasteiger partial charge >= 0.3 is 5.97 Å². The van der Waals surface area contributed by atoms with E-state index in [0.717, 1.165) is 12.8 Å². The lowest BCUT2D eigenvalue weighted by atomic mass is 9.93. The van der Waals surface area contributed by atoms with Gasteiger partial charge in [0.25, 0.3) is 5.91 Å². The number of nitrogens with one attached hydrogen (secondary N) is 1. The fraction of sp³-hybridized carbons (Fsp3) is 0.556. The molecule has 7 nitrogen and oxygen atoms in total. The molecule has 2 aliphatic rings. The number of rotatable bonds is 6. The molecular formula is C18H24N2O5S. The van der Waals surface area contributed by atoms with Gasteiger partial charge in [-0.25, -0.2) is 13.1 Å². The van der Waals surface area contributed by atoms with Crippen molar-refractivity contribution >= 4 is 21.9 Å². The molecule has 0 bridgehead atoms. The van der Waals surface area contributed by atoms with Gasteiger partial charge in [-0.3, -0.25) is 9.59 Å². The van der Waals surface area contributed by atoms with Gasteiger partial charge in [0.1, 0.15) is 0 Å². The number of amides is 1. The van der Waals surface area contributed by atoms with Crippen molar-refractivity contribution in [1.82, 2.24) is 9.62 Å². The number of hydrogen-bond acceptors (Lipinski definition) is 4. The van der Waals surface area contributed by atoms with Gasteiger partial charge in [0, 0.05) is 24.7 Å². The van der Waals surface area contributed by atoms with Gasteiger partial charge < -0.3 is 10.0 Å². The van der Waals surface area contributed by atoms with E-state index >= 15 is 0 Å². The van der Waals surface area contributed by atoms with Crippen LogP contribution < -0.4 is 4.72 Å². The summed E-state index contributed by atoms with van der Waals surface area (Å²) in [6.45, 7) is 2.45. The lowest BCUT2D eigenvalue weighted by molar-refractivity contribution is -0.143. The summed E-state index contributed by atoms with van der Waals surface area (Å²) in [5.74, 6) is -1.41. The van der Waals surface area contributed by atoms with Crippen molar-refractivity contribution in [2.45, 2.75) is 43.5 Å². The lowest BCUT2D eigenvalue weighted by Gasteiger charge is -2.36. The molecule has 2 unspecified atom stereocenters. The average molecular weight is 380 g/mol. The van der Waals surface area contributed by atoms with Crippen molar-refractivity contribution in [3.05, 3.63) is 29.8 Å². The van der Waals surface area contributed by atoms with Crippen molar-refractivity contribution in [3.63, 3.8) is 0 Å². The quantitative estimate of drug-likeness (QED) is 0.782. The Balaban J connectivity index is 1.77. The van der Waals surface area contributed by atoms with Crippen LogP contribution in [-0.4, -0.2) is 49.4 Å². The van der Waals surface area contributed by atoms with E-state index in [1.54, 1.807) is 12.1 Å². The number of carboxylic acids is 1.